The van der Waals surface area contributed by atoms with Crippen molar-refractivity contribution in [2.24, 2.45) is 0 Å². The van der Waals surface area contributed by atoms with Crippen LogP contribution in [0.5, 0.6) is 0 Å². The lowest BCUT2D eigenvalue weighted by atomic mass is 10.0. The van der Waals surface area contributed by atoms with E-state index in [1.54, 1.807) is 0 Å². The van der Waals surface area contributed by atoms with Crippen molar-refractivity contribution in [2.75, 3.05) is 0 Å². The van der Waals surface area contributed by atoms with Crippen molar-refractivity contribution in [2.45, 2.75) is 12.8 Å². The van der Waals surface area contributed by atoms with Crippen molar-refractivity contribution >= 4 is 0 Å². The molecule has 0 saturated carbocycles. The van der Waals surface area contributed by atoms with Gasteiger partial charge >= 0.3 is 0 Å². The first-order chi connectivity index (χ1) is 7.95. The van der Waals surface area contributed by atoms with E-state index in [1.807, 2.05) is 0 Å². The second-order valence-electron chi connectivity index (χ2n) is 3.47. The Morgan fingerprint density at radius 1 is 0.562 bits per heavy atom. The first kappa shape index (κ1) is 12.3. The number of aryl methyl sites for hydroxylation is 2. The zero-order valence-corrected chi connectivity index (χ0v) is 9.60. The molecule has 2 aromatic rings. The molecule has 0 saturated heterocycles. The molecule has 0 heteroatoms. The van der Waals surface area contributed by atoms with Gasteiger partial charge in [-0.05, 0) is 24.0 Å². The lowest BCUT2D eigenvalue weighted by Crippen LogP contribution is -1.89. The fourth-order valence-electron chi connectivity index (χ4n) is 1.58. The molecule has 0 aliphatic rings. The van der Waals surface area contributed by atoms with Crippen molar-refractivity contribution in [3.63, 3.8) is 0 Å². The Kier molecular flexibility index (Phi) is 5.72. The number of rotatable bonds is 3. The van der Waals surface area contributed by atoms with Gasteiger partial charge in [-0.2, -0.15) is 0 Å². The Labute approximate surface area is 98.3 Å². The first-order valence-electron chi connectivity index (χ1n) is 5.53. The minimum atomic E-state index is 1.13. The summed E-state index contributed by atoms with van der Waals surface area (Å²) in [5, 5.41) is 0. The van der Waals surface area contributed by atoms with Gasteiger partial charge in [0.15, 0.2) is 0 Å². The summed E-state index contributed by atoms with van der Waals surface area (Å²) in [7, 11) is 0. The molecule has 82 valence electrons. The van der Waals surface area contributed by atoms with Gasteiger partial charge in [0, 0.05) is 0 Å². The Morgan fingerprint density at radius 2 is 0.875 bits per heavy atom. The Bertz CT molecular complexity index is 336. The largest absolute Gasteiger partial charge is 0.106 e. The highest BCUT2D eigenvalue weighted by Gasteiger charge is 1.93. The lowest BCUT2D eigenvalue weighted by Gasteiger charge is -2.01. The Morgan fingerprint density at radius 3 is 1.19 bits per heavy atom. The molecule has 0 aromatic heterocycles. The van der Waals surface area contributed by atoms with Crippen LogP contribution in [0.4, 0.5) is 0 Å². The molecule has 0 amide bonds. The third-order valence-electron chi connectivity index (χ3n) is 2.39. The van der Waals surface area contributed by atoms with Crippen LogP contribution in [-0.4, -0.2) is 0 Å². The molecule has 0 aliphatic carbocycles. The molecule has 0 aliphatic heterocycles. The molecular weight excluding hydrogens is 192 g/mol. The van der Waals surface area contributed by atoms with Gasteiger partial charge in [-0.25, -0.2) is 0 Å². The molecule has 0 N–H and O–H groups in total. The molecular formula is C16H18. The van der Waals surface area contributed by atoms with E-state index < -0.39 is 0 Å². The zero-order valence-electron chi connectivity index (χ0n) is 9.60. The summed E-state index contributed by atoms with van der Waals surface area (Å²) in [5.74, 6) is 0. The van der Waals surface area contributed by atoms with Crippen LogP contribution < -0.4 is 0 Å². The van der Waals surface area contributed by atoms with Crippen molar-refractivity contribution in [1.82, 2.24) is 0 Å². The molecule has 2 rings (SSSR count). The van der Waals surface area contributed by atoms with Gasteiger partial charge in [-0.15, -0.1) is 13.2 Å². The summed E-state index contributed by atoms with van der Waals surface area (Å²) in [5.41, 5.74) is 2.83. The fraction of sp³-hybridized carbons (Fsp3) is 0.125. The van der Waals surface area contributed by atoms with Gasteiger partial charge in [0.05, 0.1) is 0 Å². The van der Waals surface area contributed by atoms with Crippen LogP contribution in [-0.2, 0) is 12.8 Å². The van der Waals surface area contributed by atoms with Crippen LogP contribution >= 0.6 is 0 Å². The SMILES string of the molecule is C=C.c1ccc(CCc2ccccc2)cc1. The van der Waals surface area contributed by atoms with Crippen LogP contribution in [0.1, 0.15) is 11.1 Å². The first-order valence-corrected chi connectivity index (χ1v) is 5.53. The molecule has 0 atom stereocenters. The van der Waals surface area contributed by atoms with Crippen molar-refractivity contribution in [3.8, 4) is 0 Å². The van der Waals surface area contributed by atoms with E-state index in [9.17, 15) is 0 Å². The molecule has 0 heterocycles. The van der Waals surface area contributed by atoms with E-state index in [0.717, 1.165) is 12.8 Å². The van der Waals surface area contributed by atoms with Gasteiger partial charge in [0.1, 0.15) is 0 Å². The van der Waals surface area contributed by atoms with Gasteiger partial charge in [-0.1, -0.05) is 60.7 Å². The number of hydrogen-bond acceptors (Lipinski definition) is 0. The summed E-state index contributed by atoms with van der Waals surface area (Å²) in [6, 6.07) is 21.2. The second kappa shape index (κ2) is 7.47. The van der Waals surface area contributed by atoms with Crippen LogP contribution in [0, 0.1) is 0 Å². The summed E-state index contributed by atoms with van der Waals surface area (Å²) in [6.45, 7) is 6.00. The number of benzene rings is 2. The van der Waals surface area contributed by atoms with Crippen molar-refractivity contribution < 1.29 is 0 Å². The van der Waals surface area contributed by atoms with Crippen LogP contribution in [0.25, 0.3) is 0 Å². The van der Waals surface area contributed by atoms with Crippen molar-refractivity contribution in [1.29, 1.82) is 0 Å². The average molecular weight is 210 g/mol. The highest BCUT2D eigenvalue weighted by atomic mass is 14.0. The summed E-state index contributed by atoms with van der Waals surface area (Å²) >= 11 is 0. The van der Waals surface area contributed by atoms with E-state index in [2.05, 4.69) is 73.8 Å². The maximum absolute atomic E-state index is 3.00. The van der Waals surface area contributed by atoms with E-state index in [4.69, 9.17) is 0 Å². The average Bonchev–Trinajstić information content (AvgIpc) is 2.41. The minimum absolute atomic E-state index is 1.13. The quantitative estimate of drug-likeness (QED) is 0.663. The summed E-state index contributed by atoms with van der Waals surface area (Å²) in [4.78, 5) is 0. The Hall–Kier alpha value is -1.82. The van der Waals surface area contributed by atoms with Crippen LogP contribution in [0.3, 0.4) is 0 Å². The predicted molar refractivity (Wildman–Crippen MR) is 71.5 cm³/mol. The topological polar surface area (TPSA) is 0 Å². The standard InChI is InChI=1S/C14H14.C2H4/c1-3-7-13(8-4-1)11-12-14-9-5-2-6-10-14;1-2/h1-10H,11-12H2;1-2H2. The lowest BCUT2D eigenvalue weighted by molar-refractivity contribution is 0.960. The highest BCUT2D eigenvalue weighted by molar-refractivity contribution is 5.19. The molecule has 0 spiro atoms. The third-order valence-corrected chi connectivity index (χ3v) is 2.39. The molecule has 2 aromatic carbocycles. The van der Waals surface area contributed by atoms with E-state index >= 15 is 0 Å². The monoisotopic (exact) mass is 210 g/mol. The normalized spacial score (nSPS) is 9.00. The van der Waals surface area contributed by atoms with Gasteiger partial charge in [0.2, 0.25) is 0 Å². The Balaban J connectivity index is 0.000000606. The zero-order chi connectivity index (χ0) is 11.6. The second-order valence-corrected chi connectivity index (χ2v) is 3.47. The van der Waals surface area contributed by atoms with E-state index in [1.165, 1.54) is 11.1 Å². The van der Waals surface area contributed by atoms with Gasteiger partial charge < -0.3 is 0 Å². The predicted octanol–water partition coefficient (Wildman–Crippen LogP) is 4.27. The third kappa shape index (κ3) is 4.14. The summed E-state index contributed by atoms with van der Waals surface area (Å²) in [6.07, 6.45) is 2.26. The molecule has 0 unspecified atom stereocenters. The maximum Gasteiger partial charge on any atom is -0.0238 e. The number of hydrogen-bond donors (Lipinski definition) is 0. The van der Waals surface area contributed by atoms with Gasteiger partial charge in [0.25, 0.3) is 0 Å². The summed E-state index contributed by atoms with van der Waals surface area (Å²) < 4.78 is 0. The maximum atomic E-state index is 3.00. The van der Waals surface area contributed by atoms with Crippen molar-refractivity contribution in [3.05, 3.63) is 84.9 Å². The van der Waals surface area contributed by atoms with E-state index in [0.29, 0.717) is 0 Å². The molecule has 0 radical (unpaired) electrons. The molecule has 0 fully saturated rings. The van der Waals surface area contributed by atoms with E-state index in [-0.39, 0.29) is 0 Å². The molecule has 16 heavy (non-hydrogen) atoms. The van der Waals surface area contributed by atoms with Crippen LogP contribution in [0.2, 0.25) is 0 Å². The molecule has 0 nitrogen and oxygen atoms in total. The van der Waals surface area contributed by atoms with Crippen LogP contribution in [0.15, 0.2) is 73.8 Å². The minimum Gasteiger partial charge on any atom is -0.106 e. The highest BCUT2D eigenvalue weighted by Crippen LogP contribution is 2.06. The van der Waals surface area contributed by atoms with Gasteiger partial charge in [-0.3, -0.25) is 0 Å². The molecule has 0 bridgehead atoms. The smallest absolute Gasteiger partial charge is 0.0238 e. The fourth-order valence-corrected chi connectivity index (χ4v) is 1.58.